The highest BCUT2D eigenvalue weighted by Crippen LogP contribution is 2.11. The Hall–Kier alpha value is -4.01. The van der Waals surface area contributed by atoms with E-state index in [1.165, 1.54) is 13.0 Å². The summed E-state index contributed by atoms with van der Waals surface area (Å²) in [5.74, 6) is -1.54. The summed E-state index contributed by atoms with van der Waals surface area (Å²) in [5.41, 5.74) is 0.0799. The molecule has 0 fully saturated rings. The zero-order valence-corrected chi connectivity index (χ0v) is 17.1. The molecule has 0 bridgehead atoms. The molecule has 3 aromatic rings. The molecule has 0 aliphatic heterocycles. The van der Waals surface area contributed by atoms with Crippen LogP contribution in [0.25, 0.3) is 10.9 Å². The molecular weight excluding hydrogens is 402 g/mol. The van der Waals surface area contributed by atoms with Gasteiger partial charge < -0.3 is 10.1 Å². The minimum absolute atomic E-state index is 0.145. The standard InChI is InChI=1S/C22H21N3O6/c1-3-24-21(29)17-9-4-5-10-18(17)25(22(24)30)12-20(28)31-13-19(27)23-16-8-6-7-15(11-16)14(2)26/h4-11H,3,12-13H2,1-2H3,(H,23,27). The Bertz CT molecular complexity index is 1290. The first-order chi connectivity index (χ1) is 14.8. The summed E-state index contributed by atoms with van der Waals surface area (Å²) in [4.78, 5) is 60.9. The Morgan fingerprint density at radius 1 is 1.00 bits per heavy atom. The van der Waals surface area contributed by atoms with Gasteiger partial charge in [-0.25, -0.2) is 4.79 Å². The largest absolute Gasteiger partial charge is 0.454 e. The number of hydrogen-bond donors (Lipinski definition) is 1. The maximum Gasteiger partial charge on any atom is 0.332 e. The third kappa shape index (κ3) is 4.77. The Kier molecular flexibility index (Phi) is 6.44. The molecule has 2 aromatic carbocycles. The van der Waals surface area contributed by atoms with Gasteiger partial charge >= 0.3 is 11.7 Å². The van der Waals surface area contributed by atoms with Crippen LogP contribution >= 0.6 is 0 Å². The average Bonchev–Trinajstić information content (AvgIpc) is 2.76. The van der Waals surface area contributed by atoms with Crippen molar-refractivity contribution in [2.45, 2.75) is 26.9 Å². The molecule has 0 spiro atoms. The van der Waals surface area contributed by atoms with Crippen molar-refractivity contribution in [3.63, 3.8) is 0 Å². The molecule has 0 unspecified atom stereocenters. The average molecular weight is 423 g/mol. The summed E-state index contributed by atoms with van der Waals surface area (Å²) in [6, 6.07) is 12.8. The van der Waals surface area contributed by atoms with Crippen molar-refractivity contribution in [3.8, 4) is 0 Å². The number of para-hydroxylation sites is 1. The molecule has 31 heavy (non-hydrogen) atoms. The molecule has 0 aliphatic carbocycles. The zero-order valence-electron chi connectivity index (χ0n) is 17.1. The molecule has 1 aromatic heterocycles. The fraction of sp³-hybridized carbons (Fsp3) is 0.227. The number of nitrogens with zero attached hydrogens (tertiary/aromatic N) is 2. The number of aromatic nitrogens is 2. The van der Waals surface area contributed by atoms with E-state index in [0.29, 0.717) is 22.2 Å². The molecule has 0 radical (unpaired) electrons. The maximum absolute atomic E-state index is 12.6. The van der Waals surface area contributed by atoms with Gasteiger partial charge in [0.2, 0.25) is 0 Å². The summed E-state index contributed by atoms with van der Waals surface area (Å²) in [6.07, 6.45) is 0. The van der Waals surface area contributed by atoms with Crippen molar-refractivity contribution in [1.29, 1.82) is 0 Å². The molecule has 9 nitrogen and oxygen atoms in total. The van der Waals surface area contributed by atoms with Crippen LogP contribution in [-0.2, 0) is 27.4 Å². The van der Waals surface area contributed by atoms with Crippen LogP contribution in [0.15, 0.2) is 58.1 Å². The quantitative estimate of drug-likeness (QED) is 0.455. The monoisotopic (exact) mass is 423 g/mol. The van der Waals surface area contributed by atoms with Crippen molar-refractivity contribution in [2.24, 2.45) is 0 Å². The molecule has 1 heterocycles. The van der Waals surface area contributed by atoms with E-state index in [9.17, 15) is 24.0 Å². The normalized spacial score (nSPS) is 10.6. The van der Waals surface area contributed by atoms with Gasteiger partial charge in [-0.1, -0.05) is 24.3 Å². The van der Waals surface area contributed by atoms with Gasteiger partial charge in [0, 0.05) is 17.8 Å². The van der Waals surface area contributed by atoms with Gasteiger partial charge in [0.25, 0.3) is 11.5 Å². The fourth-order valence-corrected chi connectivity index (χ4v) is 3.14. The van der Waals surface area contributed by atoms with Crippen molar-refractivity contribution >= 4 is 34.3 Å². The lowest BCUT2D eigenvalue weighted by atomic mass is 10.1. The Morgan fingerprint density at radius 2 is 1.74 bits per heavy atom. The van der Waals surface area contributed by atoms with E-state index in [-0.39, 0.29) is 12.3 Å². The van der Waals surface area contributed by atoms with Crippen molar-refractivity contribution < 1.29 is 19.1 Å². The van der Waals surface area contributed by atoms with Crippen molar-refractivity contribution in [1.82, 2.24) is 9.13 Å². The van der Waals surface area contributed by atoms with Gasteiger partial charge in [0.1, 0.15) is 6.54 Å². The minimum Gasteiger partial charge on any atom is -0.454 e. The van der Waals surface area contributed by atoms with Crippen LogP contribution in [0.2, 0.25) is 0 Å². The lowest BCUT2D eigenvalue weighted by molar-refractivity contribution is -0.147. The van der Waals surface area contributed by atoms with E-state index in [1.807, 2.05) is 0 Å². The Morgan fingerprint density at radius 3 is 2.45 bits per heavy atom. The summed E-state index contributed by atoms with van der Waals surface area (Å²) in [6.45, 7) is 2.21. The fourth-order valence-electron chi connectivity index (χ4n) is 3.14. The lowest BCUT2D eigenvalue weighted by Gasteiger charge is -2.13. The molecule has 0 atom stereocenters. The van der Waals surface area contributed by atoms with E-state index >= 15 is 0 Å². The summed E-state index contributed by atoms with van der Waals surface area (Å²) >= 11 is 0. The van der Waals surface area contributed by atoms with Crippen LogP contribution in [0.5, 0.6) is 0 Å². The summed E-state index contributed by atoms with van der Waals surface area (Å²) < 4.78 is 7.18. The Balaban J connectivity index is 1.72. The number of Topliss-reactive ketones (excluding diaryl/α,β-unsaturated/α-hetero) is 1. The van der Waals surface area contributed by atoms with Crippen LogP contribution in [0.4, 0.5) is 5.69 Å². The number of ketones is 1. The van der Waals surface area contributed by atoms with Crippen LogP contribution in [-0.4, -0.2) is 33.4 Å². The number of hydrogen-bond acceptors (Lipinski definition) is 6. The second-order valence-corrected chi connectivity index (χ2v) is 6.78. The molecule has 1 amide bonds. The number of nitrogens with one attached hydrogen (secondary N) is 1. The van der Waals surface area contributed by atoms with Gasteiger partial charge in [-0.05, 0) is 38.1 Å². The zero-order chi connectivity index (χ0) is 22.5. The number of anilines is 1. The second kappa shape index (κ2) is 9.21. The molecule has 3 rings (SSSR count). The minimum atomic E-state index is -0.804. The topological polar surface area (TPSA) is 116 Å². The van der Waals surface area contributed by atoms with E-state index in [1.54, 1.807) is 49.4 Å². The van der Waals surface area contributed by atoms with Crippen LogP contribution in [0, 0.1) is 0 Å². The van der Waals surface area contributed by atoms with Gasteiger partial charge in [-0.2, -0.15) is 0 Å². The maximum atomic E-state index is 12.6. The SMILES string of the molecule is CCn1c(=O)c2ccccc2n(CC(=O)OCC(=O)Nc2cccc(C(C)=O)c2)c1=O. The van der Waals surface area contributed by atoms with E-state index in [2.05, 4.69) is 5.32 Å². The molecular formula is C22H21N3O6. The highest BCUT2D eigenvalue weighted by atomic mass is 16.5. The number of benzene rings is 2. The van der Waals surface area contributed by atoms with Gasteiger partial charge in [0.15, 0.2) is 12.4 Å². The number of amides is 1. The second-order valence-electron chi connectivity index (χ2n) is 6.78. The first kappa shape index (κ1) is 21.7. The molecule has 0 saturated heterocycles. The van der Waals surface area contributed by atoms with Crippen molar-refractivity contribution in [3.05, 3.63) is 74.9 Å². The van der Waals surface area contributed by atoms with Gasteiger partial charge in [-0.15, -0.1) is 0 Å². The van der Waals surface area contributed by atoms with Crippen LogP contribution < -0.4 is 16.6 Å². The van der Waals surface area contributed by atoms with Gasteiger partial charge in [0.05, 0.1) is 10.9 Å². The van der Waals surface area contributed by atoms with Gasteiger partial charge in [-0.3, -0.25) is 28.3 Å². The number of esters is 1. The summed E-state index contributed by atoms with van der Waals surface area (Å²) in [7, 11) is 0. The predicted molar refractivity (Wildman–Crippen MR) is 114 cm³/mol. The predicted octanol–water partition coefficient (Wildman–Crippen LogP) is 1.57. The van der Waals surface area contributed by atoms with Crippen molar-refractivity contribution in [2.75, 3.05) is 11.9 Å². The highest BCUT2D eigenvalue weighted by molar-refractivity contribution is 5.97. The highest BCUT2D eigenvalue weighted by Gasteiger charge is 2.16. The summed E-state index contributed by atoms with van der Waals surface area (Å²) in [5, 5.41) is 2.85. The van der Waals surface area contributed by atoms with E-state index in [0.717, 1.165) is 9.13 Å². The van der Waals surface area contributed by atoms with Crippen LogP contribution in [0.1, 0.15) is 24.2 Å². The molecule has 0 aliphatic rings. The molecule has 1 N–H and O–H groups in total. The number of fused-ring (bicyclic) bond motifs is 1. The number of ether oxygens (including phenoxy) is 1. The molecule has 0 saturated carbocycles. The molecule has 9 heteroatoms. The molecule has 160 valence electrons. The number of carbonyl (C=O) groups is 3. The van der Waals surface area contributed by atoms with E-state index < -0.39 is 36.3 Å². The Labute approximate surface area is 176 Å². The first-order valence-corrected chi connectivity index (χ1v) is 9.60. The smallest absolute Gasteiger partial charge is 0.332 e. The lowest BCUT2D eigenvalue weighted by Crippen LogP contribution is -2.41. The third-order valence-electron chi connectivity index (χ3n) is 4.65. The first-order valence-electron chi connectivity index (χ1n) is 9.60. The number of carbonyl (C=O) groups excluding carboxylic acids is 3. The third-order valence-corrected chi connectivity index (χ3v) is 4.65. The van der Waals surface area contributed by atoms with Crippen LogP contribution in [0.3, 0.4) is 0 Å². The number of rotatable bonds is 7. The van der Waals surface area contributed by atoms with E-state index in [4.69, 9.17) is 4.74 Å².